The van der Waals surface area contributed by atoms with Crippen LogP contribution in [0.1, 0.15) is 12.5 Å². The van der Waals surface area contributed by atoms with Crippen molar-refractivity contribution in [3.8, 4) is 0 Å². The molecule has 0 spiro atoms. The monoisotopic (exact) mass is 218 g/mol. The van der Waals surface area contributed by atoms with E-state index in [0.29, 0.717) is 6.73 Å². The van der Waals surface area contributed by atoms with Crippen molar-refractivity contribution in [1.29, 1.82) is 0 Å². The molecule has 0 fully saturated rings. The minimum Gasteiger partial charge on any atom is -0.361 e. The number of rotatable bonds is 5. The van der Waals surface area contributed by atoms with Crippen molar-refractivity contribution in [3.05, 3.63) is 36.0 Å². The zero-order valence-electron chi connectivity index (χ0n) is 9.86. The van der Waals surface area contributed by atoms with E-state index in [1.807, 2.05) is 14.0 Å². The predicted molar refractivity (Wildman–Crippen MR) is 66.3 cm³/mol. The number of nitrogens with zero attached hydrogens (tertiary/aromatic N) is 1. The minimum atomic E-state index is 0.630. The Morgan fingerprint density at radius 1 is 1.31 bits per heavy atom. The third-order valence-electron chi connectivity index (χ3n) is 2.65. The Labute approximate surface area is 96.0 Å². The van der Waals surface area contributed by atoms with E-state index in [9.17, 15) is 0 Å². The summed E-state index contributed by atoms with van der Waals surface area (Å²) in [5.74, 6) is 0. The third-order valence-corrected chi connectivity index (χ3v) is 2.65. The van der Waals surface area contributed by atoms with Gasteiger partial charge in [-0.1, -0.05) is 6.07 Å². The van der Waals surface area contributed by atoms with Crippen LogP contribution < -0.4 is 5.32 Å². The average Bonchev–Trinajstić information content (AvgIpc) is 2.69. The Morgan fingerprint density at radius 2 is 2.19 bits per heavy atom. The van der Waals surface area contributed by atoms with Gasteiger partial charge in [0.05, 0.1) is 0 Å². The molecule has 0 saturated heterocycles. The van der Waals surface area contributed by atoms with Crippen LogP contribution in [-0.2, 0) is 18.0 Å². The Morgan fingerprint density at radius 3 is 2.94 bits per heavy atom. The second kappa shape index (κ2) is 5.14. The van der Waals surface area contributed by atoms with Crippen LogP contribution >= 0.6 is 0 Å². The number of ether oxygens (including phenoxy) is 1. The number of hydrogen-bond acceptors (Lipinski definition) is 2. The van der Waals surface area contributed by atoms with Crippen LogP contribution in [0, 0.1) is 0 Å². The van der Waals surface area contributed by atoms with Crippen molar-refractivity contribution >= 4 is 10.9 Å². The van der Waals surface area contributed by atoms with Crippen molar-refractivity contribution in [1.82, 2.24) is 9.88 Å². The van der Waals surface area contributed by atoms with Gasteiger partial charge in [0.2, 0.25) is 0 Å². The fourth-order valence-corrected chi connectivity index (χ4v) is 1.87. The molecule has 0 unspecified atom stereocenters. The summed E-state index contributed by atoms with van der Waals surface area (Å²) < 4.78 is 7.54. The minimum absolute atomic E-state index is 0.630. The van der Waals surface area contributed by atoms with E-state index in [0.717, 1.165) is 13.2 Å². The van der Waals surface area contributed by atoms with E-state index < -0.39 is 0 Å². The van der Waals surface area contributed by atoms with Crippen LogP contribution in [0.15, 0.2) is 30.5 Å². The zero-order chi connectivity index (χ0) is 11.4. The lowest BCUT2D eigenvalue weighted by Crippen LogP contribution is -2.05. The van der Waals surface area contributed by atoms with Crippen LogP contribution in [-0.4, -0.2) is 18.2 Å². The standard InChI is InChI=1S/C13H18N2O/c1-3-16-10-15-7-6-12-8-11(9-14-2)4-5-13(12)15/h4-8,14H,3,9-10H2,1-2H3. The Hall–Kier alpha value is -1.32. The Bertz CT molecular complexity index is 462. The molecule has 1 heterocycles. The first-order chi connectivity index (χ1) is 7.85. The van der Waals surface area contributed by atoms with Crippen LogP contribution in [0.2, 0.25) is 0 Å². The van der Waals surface area contributed by atoms with Crippen LogP contribution in [0.5, 0.6) is 0 Å². The van der Waals surface area contributed by atoms with Crippen molar-refractivity contribution in [2.24, 2.45) is 0 Å². The summed E-state index contributed by atoms with van der Waals surface area (Å²) in [6.07, 6.45) is 2.07. The lowest BCUT2D eigenvalue weighted by molar-refractivity contribution is 0.0909. The molecule has 3 nitrogen and oxygen atoms in total. The third kappa shape index (κ3) is 2.26. The van der Waals surface area contributed by atoms with E-state index in [1.165, 1.54) is 16.5 Å². The van der Waals surface area contributed by atoms with Crippen LogP contribution in [0.4, 0.5) is 0 Å². The van der Waals surface area contributed by atoms with Gasteiger partial charge in [0.15, 0.2) is 0 Å². The van der Waals surface area contributed by atoms with Gasteiger partial charge >= 0.3 is 0 Å². The summed E-state index contributed by atoms with van der Waals surface area (Å²) in [6, 6.07) is 8.66. The first-order valence-corrected chi connectivity index (χ1v) is 5.65. The highest BCUT2D eigenvalue weighted by Crippen LogP contribution is 2.17. The molecule has 0 aliphatic carbocycles. The average molecular weight is 218 g/mol. The highest BCUT2D eigenvalue weighted by molar-refractivity contribution is 5.80. The number of nitrogens with one attached hydrogen (secondary N) is 1. The lowest BCUT2D eigenvalue weighted by atomic mass is 10.1. The van der Waals surface area contributed by atoms with Gasteiger partial charge in [-0.15, -0.1) is 0 Å². The number of hydrogen-bond donors (Lipinski definition) is 1. The molecule has 0 aliphatic heterocycles. The summed E-state index contributed by atoms with van der Waals surface area (Å²) in [5, 5.41) is 4.43. The number of aromatic nitrogens is 1. The van der Waals surface area contributed by atoms with E-state index in [-0.39, 0.29) is 0 Å². The van der Waals surface area contributed by atoms with Gasteiger partial charge < -0.3 is 14.6 Å². The molecule has 0 amide bonds. The summed E-state index contributed by atoms with van der Waals surface area (Å²) >= 11 is 0. The molecule has 0 saturated carbocycles. The number of fused-ring (bicyclic) bond motifs is 1. The fourth-order valence-electron chi connectivity index (χ4n) is 1.87. The van der Waals surface area contributed by atoms with Gasteiger partial charge in [-0.2, -0.15) is 0 Å². The van der Waals surface area contributed by atoms with Crippen molar-refractivity contribution in [2.75, 3.05) is 13.7 Å². The fraction of sp³-hybridized carbons (Fsp3) is 0.385. The summed E-state index contributed by atoms with van der Waals surface area (Å²) in [6.45, 7) is 4.30. The Balaban J connectivity index is 2.27. The molecular formula is C13H18N2O. The van der Waals surface area contributed by atoms with E-state index in [2.05, 4.69) is 40.3 Å². The second-order valence-electron chi connectivity index (χ2n) is 3.83. The van der Waals surface area contributed by atoms with Gasteiger partial charge in [0.25, 0.3) is 0 Å². The van der Waals surface area contributed by atoms with Crippen LogP contribution in [0.3, 0.4) is 0 Å². The summed E-state index contributed by atoms with van der Waals surface area (Å²) in [7, 11) is 1.96. The molecule has 3 heteroatoms. The van der Waals surface area contributed by atoms with Crippen molar-refractivity contribution in [2.45, 2.75) is 20.2 Å². The van der Waals surface area contributed by atoms with Crippen molar-refractivity contribution < 1.29 is 4.74 Å². The molecule has 0 atom stereocenters. The lowest BCUT2D eigenvalue weighted by Gasteiger charge is -2.06. The van der Waals surface area contributed by atoms with Crippen molar-refractivity contribution in [3.63, 3.8) is 0 Å². The normalized spacial score (nSPS) is 11.1. The molecule has 1 aromatic heterocycles. The molecule has 2 rings (SSSR count). The quantitative estimate of drug-likeness (QED) is 0.833. The second-order valence-corrected chi connectivity index (χ2v) is 3.83. The highest BCUT2D eigenvalue weighted by Gasteiger charge is 2.01. The van der Waals surface area contributed by atoms with Gasteiger partial charge in [-0.25, -0.2) is 0 Å². The van der Waals surface area contributed by atoms with Gasteiger partial charge in [0.1, 0.15) is 6.73 Å². The maximum atomic E-state index is 5.41. The maximum Gasteiger partial charge on any atom is 0.122 e. The summed E-state index contributed by atoms with van der Waals surface area (Å²) in [4.78, 5) is 0. The topological polar surface area (TPSA) is 26.2 Å². The predicted octanol–water partition coefficient (Wildman–Crippen LogP) is 2.35. The Kier molecular flexibility index (Phi) is 3.59. The molecule has 0 bridgehead atoms. The summed E-state index contributed by atoms with van der Waals surface area (Å²) in [5.41, 5.74) is 2.54. The number of benzene rings is 1. The van der Waals surface area contributed by atoms with E-state index in [1.54, 1.807) is 0 Å². The van der Waals surface area contributed by atoms with E-state index >= 15 is 0 Å². The highest BCUT2D eigenvalue weighted by atomic mass is 16.5. The molecule has 0 radical (unpaired) electrons. The van der Waals surface area contributed by atoms with Gasteiger partial charge in [-0.3, -0.25) is 0 Å². The maximum absolute atomic E-state index is 5.41. The molecule has 16 heavy (non-hydrogen) atoms. The smallest absolute Gasteiger partial charge is 0.122 e. The molecule has 1 aromatic carbocycles. The first kappa shape index (κ1) is 11.2. The molecule has 0 aliphatic rings. The molecular weight excluding hydrogens is 200 g/mol. The molecule has 2 aromatic rings. The zero-order valence-corrected chi connectivity index (χ0v) is 9.86. The van der Waals surface area contributed by atoms with Crippen LogP contribution in [0.25, 0.3) is 10.9 Å². The first-order valence-electron chi connectivity index (χ1n) is 5.65. The molecule has 86 valence electrons. The van der Waals surface area contributed by atoms with E-state index in [4.69, 9.17) is 4.74 Å². The SMILES string of the molecule is CCOCn1ccc2cc(CNC)ccc21. The van der Waals surface area contributed by atoms with Gasteiger partial charge in [-0.05, 0) is 43.1 Å². The largest absolute Gasteiger partial charge is 0.361 e. The van der Waals surface area contributed by atoms with Gasteiger partial charge in [0, 0.05) is 24.9 Å². The molecule has 1 N–H and O–H groups in total.